The van der Waals surface area contributed by atoms with Gasteiger partial charge in [-0.15, -0.1) is 0 Å². The van der Waals surface area contributed by atoms with Gasteiger partial charge in [-0.25, -0.2) is 4.39 Å². The third-order valence-electron chi connectivity index (χ3n) is 4.95. The third kappa shape index (κ3) is 4.05. The Kier molecular flexibility index (Phi) is 5.68. The SMILES string of the molecule is COc1ccc(CN2CCN(C(=O)[C@@H]3CCCNC3)CC2)cc1F. The number of piperidine rings is 1. The van der Waals surface area contributed by atoms with E-state index >= 15 is 0 Å². The standard InChI is InChI=1S/C18H26FN3O2/c1-24-17-5-4-14(11-16(17)19)13-21-7-9-22(10-8-21)18(23)15-3-2-6-20-12-15/h4-5,11,15,20H,2-3,6-10,12-13H2,1H3/t15-/m1/s1. The van der Waals surface area contributed by atoms with Crippen LogP contribution in [-0.4, -0.2) is 62.1 Å². The van der Waals surface area contributed by atoms with Crippen molar-refractivity contribution in [3.05, 3.63) is 29.6 Å². The summed E-state index contributed by atoms with van der Waals surface area (Å²) in [4.78, 5) is 16.8. The van der Waals surface area contributed by atoms with Crippen LogP contribution >= 0.6 is 0 Å². The second-order valence-corrected chi connectivity index (χ2v) is 6.61. The first-order chi connectivity index (χ1) is 11.7. The van der Waals surface area contributed by atoms with Gasteiger partial charge in [0.05, 0.1) is 13.0 Å². The summed E-state index contributed by atoms with van der Waals surface area (Å²) in [5, 5.41) is 3.31. The van der Waals surface area contributed by atoms with Crippen molar-refractivity contribution in [2.24, 2.45) is 5.92 Å². The number of hydrogen-bond donors (Lipinski definition) is 1. The summed E-state index contributed by atoms with van der Waals surface area (Å²) < 4.78 is 18.7. The second-order valence-electron chi connectivity index (χ2n) is 6.61. The summed E-state index contributed by atoms with van der Waals surface area (Å²) in [6, 6.07) is 5.09. The fourth-order valence-electron chi connectivity index (χ4n) is 3.51. The van der Waals surface area contributed by atoms with Gasteiger partial charge in [0.25, 0.3) is 0 Å². The van der Waals surface area contributed by atoms with Gasteiger partial charge in [0.15, 0.2) is 11.6 Å². The maximum absolute atomic E-state index is 13.8. The van der Waals surface area contributed by atoms with Gasteiger partial charge in [0.2, 0.25) is 5.91 Å². The summed E-state index contributed by atoms with van der Waals surface area (Å²) in [6.45, 7) is 5.72. The highest BCUT2D eigenvalue weighted by Gasteiger charge is 2.28. The number of piperazine rings is 1. The molecule has 2 heterocycles. The molecule has 2 aliphatic rings. The van der Waals surface area contributed by atoms with Gasteiger partial charge in [-0.1, -0.05) is 6.07 Å². The van der Waals surface area contributed by atoms with Gasteiger partial charge in [-0.05, 0) is 37.1 Å². The van der Waals surface area contributed by atoms with Crippen molar-refractivity contribution < 1.29 is 13.9 Å². The predicted molar refractivity (Wildman–Crippen MR) is 90.4 cm³/mol. The summed E-state index contributed by atoms with van der Waals surface area (Å²) in [5.74, 6) is 0.377. The first-order valence-electron chi connectivity index (χ1n) is 8.71. The molecule has 1 aromatic rings. The average molecular weight is 335 g/mol. The van der Waals surface area contributed by atoms with Crippen molar-refractivity contribution in [3.63, 3.8) is 0 Å². The van der Waals surface area contributed by atoms with E-state index in [2.05, 4.69) is 10.2 Å². The number of amides is 1. The maximum atomic E-state index is 13.8. The van der Waals surface area contributed by atoms with Gasteiger partial charge >= 0.3 is 0 Å². The summed E-state index contributed by atoms with van der Waals surface area (Å²) in [5.41, 5.74) is 0.935. The van der Waals surface area contributed by atoms with Crippen LogP contribution in [0.1, 0.15) is 18.4 Å². The van der Waals surface area contributed by atoms with Crippen LogP contribution in [-0.2, 0) is 11.3 Å². The number of ether oxygens (including phenoxy) is 1. The minimum Gasteiger partial charge on any atom is -0.494 e. The topological polar surface area (TPSA) is 44.8 Å². The first kappa shape index (κ1) is 17.2. The largest absolute Gasteiger partial charge is 0.494 e. The molecule has 0 bridgehead atoms. The average Bonchev–Trinajstić information content (AvgIpc) is 2.63. The second kappa shape index (κ2) is 7.94. The van der Waals surface area contributed by atoms with E-state index in [1.54, 1.807) is 6.07 Å². The van der Waals surface area contributed by atoms with Crippen molar-refractivity contribution in [3.8, 4) is 5.75 Å². The van der Waals surface area contributed by atoms with E-state index in [1.165, 1.54) is 13.2 Å². The van der Waals surface area contributed by atoms with E-state index in [-0.39, 0.29) is 23.4 Å². The van der Waals surface area contributed by atoms with Crippen LogP contribution in [0.3, 0.4) is 0 Å². The quantitative estimate of drug-likeness (QED) is 0.905. The number of carbonyl (C=O) groups is 1. The molecule has 6 heteroatoms. The van der Waals surface area contributed by atoms with E-state index in [0.29, 0.717) is 6.54 Å². The minimum absolute atomic E-state index is 0.140. The number of benzene rings is 1. The van der Waals surface area contributed by atoms with E-state index in [4.69, 9.17) is 4.74 Å². The fourth-order valence-corrected chi connectivity index (χ4v) is 3.51. The molecule has 1 aromatic carbocycles. The highest BCUT2D eigenvalue weighted by Crippen LogP contribution is 2.20. The highest BCUT2D eigenvalue weighted by molar-refractivity contribution is 5.79. The zero-order valence-electron chi connectivity index (χ0n) is 14.3. The molecule has 5 nitrogen and oxygen atoms in total. The monoisotopic (exact) mass is 335 g/mol. The molecule has 1 amide bonds. The Morgan fingerprint density at radius 3 is 2.75 bits per heavy atom. The molecule has 0 saturated carbocycles. The first-order valence-corrected chi connectivity index (χ1v) is 8.71. The maximum Gasteiger partial charge on any atom is 0.227 e. The number of methoxy groups -OCH3 is 1. The lowest BCUT2D eigenvalue weighted by Gasteiger charge is -2.37. The molecule has 0 aliphatic carbocycles. The normalized spacial score (nSPS) is 22.4. The minimum atomic E-state index is -0.325. The van der Waals surface area contributed by atoms with Crippen molar-refractivity contribution in [1.82, 2.24) is 15.1 Å². The molecule has 132 valence electrons. The smallest absolute Gasteiger partial charge is 0.227 e. The van der Waals surface area contributed by atoms with Gasteiger partial charge in [-0.2, -0.15) is 0 Å². The molecule has 2 aliphatic heterocycles. The van der Waals surface area contributed by atoms with Crippen LogP contribution in [0.25, 0.3) is 0 Å². The summed E-state index contributed by atoms with van der Waals surface area (Å²) in [7, 11) is 1.47. The molecule has 1 atom stereocenters. The number of hydrogen-bond acceptors (Lipinski definition) is 4. The number of carbonyl (C=O) groups excluding carboxylic acids is 1. The zero-order chi connectivity index (χ0) is 16.9. The van der Waals surface area contributed by atoms with Crippen molar-refractivity contribution in [1.29, 1.82) is 0 Å². The van der Waals surface area contributed by atoms with Crippen LogP contribution < -0.4 is 10.1 Å². The van der Waals surface area contributed by atoms with Crippen molar-refractivity contribution in [2.45, 2.75) is 19.4 Å². The lowest BCUT2D eigenvalue weighted by Crippen LogP contribution is -2.51. The van der Waals surface area contributed by atoms with Crippen LogP contribution in [0.4, 0.5) is 4.39 Å². The van der Waals surface area contributed by atoms with E-state index in [0.717, 1.165) is 57.7 Å². The van der Waals surface area contributed by atoms with Gasteiger partial charge in [0, 0.05) is 39.3 Å². The molecule has 24 heavy (non-hydrogen) atoms. The Labute approximate surface area is 142 Å². The highest BCUT2D eigenvalue weighted by atomic mass is 19.1. The Balaban J connectivity index is 1.49. The van der Waals surface area contributed by atoms with E-state index in [9.17, 15) is 9.18 Å². The lowest BCUT2D eigenvalue weighted by atomic mass is 9.98. The molecule has 0 unspecified atom stereocenters. The Hall–Kier alpha value is -1.66. The fraction of sp³-hybridized carbons (Fsp3) is 0.611. The number of nitrogens with zero attached hydrogens (tertiary/aromatic N) is 2. The van der Waals surface area contributed by atoms with Crippen LogP contribution in [0, 0.1) is 11.7 Å². The Morgan fingerprint density at radius 2 is 2.12 bits per heavy atom. The summed E-state index contributed by atoms with van der Waals surface area (Å²) in [6.07, 6.45) is 2.08. The van der Waals surface area contributed by atoms with Crippen LogP contribution in [0.2, 0.25) is 0 Å². The molecule has 1 N–H and O–H groups in total. The van der Waals surface area contributed by atoms with Gasteiger partial charge < -0.3 is 15.0 Å². The number of rotatable bonds is 4. The molecule has 0 spiro atoms. The molecular weight excluding hydrogens is 309 g/mol. The lowest BCUT2D eigenvalue weighted by molar-refractivity contribution is -0.137. The van der Waals surface area contributed by atoms with Crippen molar-refractivity contribution in [2.75, 3.05) is 46.4 Å². The van der Waals surface area contributed by atoms with E-state index < -0.39 is 0 Å². The Bertz CT molecular complexity index is 567. The predicted octanol–water partition coefficient (Wildman–Crippen LogP) is 1.48. The molecule has 2 saturated heterocycles. The molecule has 0 aromatic heterocycles. The zero-order valence-corrected chi connectivity index (χ0v) is 14.3. The Morgan fingerprint density at radius 1 is 1.33 bits per heavy atom. The third-order valence-corrected chi connectivity index (χ3v) is 4.95. The van der Waals surface area contributed by atoms with Crippen molar-refractivity contribution >= 4 is 5.91 Å². The molecule has 0 radical (unpaired) electrons. The molecular formula is C18H26FN3O2. The number of halogens is 1. The van der Waals surface area contributed by atoms with Gasteiger partial charge in [0.1, 0.15) is 0 Å². The van der Waals surface area contributed by atoms with Crippen LogP contribution in [0.15, 0.2) is 18.2 Å². The molecule has 3 rings (SSSR count). The van der Waals surface area contributed by atoms with E-state index in [1.807, 2.05) is 11.0 Å². The summed E-state index contributed by atoms with van der Waals surface area (Å²) >= 11 is 0. The van der Waals surface area contributed by atoms with Gasteiger partial charge in [-0.3, -0.25) is 9.69 Å². The van der Waals surface area contributed by atoms with Crippen LogP contribution in [0.5, 0.6) is 5.75 Å². The molecule has 2 fully saturated rings. The number of nitrogens with one attached hydrogen (secondary N) is 1.